The molecule has 3 rings (SSSR count). The summed E-state index contributed by atoms with van der Waals surface area (Å²) < 4.78 is 10.9. The number of carbonyl (C=O) groups excluding carboxylic acids is 1. The smallest absolute Gasteiger partial charge is 0.167 e. The van der Waals surface area contributed by atoms with Crippen molar-refractivity contribution in [3.63, 3.8) is 0 Å². The molecule has 1 unspecified atom stereocenters. The Balaban J connectivity index is 1.71. The second-order valence-corrected chi connectivity index (χ2v) is 7.03. The number of ether oxygens (including phenoxy) is 2. The molecule has 138 valence electrons. The van der Waals surface area contributed by atoms with Gasteiger partial charge in [0.1, 0.15) is 0 Å². The lowest BCUT2D eigenvalue weighted by Gasteiger charge is -2.32. The number of methoxy groups -OCH3 is 2. The van der Waals surface area contributed by atoms with Gasteiger partial charge in [-0.15, -0.1) is 0 Å². The number of carbonyl (C=O) groups is 1. The van der Waals surface area contributed by atoms with E-state index in [0.29, 0.717) is 5.02 Å². The number of para-hydroxylation sites is 1. The van der Waals surface area contributed by atoms with Crippen LogP contribution in [0.3, 0.4) is 0 Å². The molecule has 0 aromatic heterocycles. The van der Waals surface area contributed by atoms with Crippen molar-refractivity contribution in [2.45, 2.75) is 19.4 Å². The summed E-state index contributed by atoms with van der Waals surface area (Å²) >= 11 is 5.93. The van der Waals surface area contributed by atoms with E-state index >= 15 is 0 Å². The molecule has 0 bridgehead atoms. The van der Waals surface area contributed by atoms with E-state index < -0.39 is 0 Å². The molecule has 0 amide bonds. The van der Waals surface area contributed by atoms with E-state index in [1.807, 2.05) is 30.3 Å². The summed E-state index contributed by atoms with van der Waals surface area (Å²) in [6, 6.07) is 13.1. The van der Waals surface area contributed by atoms with Crippen molar-refractivity contribution >= 4 is 17.4 Å². The first-order chi connectivity index (χ1) is 12.6. The summed E-state index contributed by atoms with van der Waals surface area (Å²) in [5.74, 6) is 1.71. The second-order valence-electron chi connectivity index (χ2n) is 6.60. The van der Waals surface area contributed by atoms with Crippen LogP contribution in [0.4, 0.5) is 0 Å². The van der Waals surface area contributed by atoms with Gasteiger partial charge in [0, 0.05) is 35.2 Å². The zero-order valence-electron chi connectivity index (χ0n) is 15.2. The Morgan fingerprint density at radius 3 is 2.62 bits per heavy atom. The van der Waals surface area contributed by atoms with Crippen LogP contribution in [0.1, 0.15) is 28.8 Å². The molecular weight excluding hydrogens is 350 g/mol. The monoisotopic (exact) mass is 373 g/mol. The SMILES string of the molecule is COc1cccc(CN2CCCC(C(=O)c3ccc(Cl)cc3)C2)c1OC. The molecule has 1 aliphatic rings. The molecule has 2 aromatic carbocycles. The maximum atomic E-state index is 12.8. The fraction of sp³-hybridized carbons (Fsp3) is 0.381. The zero-order chi connectivity index (χ0) is 18.5. The molecule has 1 atom stereocenters. The van der Waals surface area contributed by atoms with Crippen LogP contribution in [-0.4, -0.2) is 38.0 Å². The van der Waals surface area contributed by atoms with E-state index in [0.717, 1.165) is 55.1 Å². The van der Waals surface area contributed by atoms with Crippen molar-refractivity contribution in [1.82, 2.24) is 4.90 Å². The number of benzene rings is 2. The van der Waals surface area contributed by atoms with Crippen LogP contribution in [0, 0.1) is 5.92 Å². The van der Waals surface area contributed by atoms with Crippen LogP contribution in [0.2, 0.25) is 5.02 Å². The number of piperidine rings is 1. The maximum Gasteiger partial charge on any atom is 0.167 e. The molecule has 0 saturated carbocycles. The van der Waals surface area contributed by atoms with Gasteiger partial charge in [-0.1, -0.05) is 23.7 Å². The van der Waals surface area contributed by atoms with Gasteiger partial charge in [0.15, 0.2) is 17.3 Å². The van der Waals surface area contributed by atoms with Gasteiger partial charge in [0.2, 0.25) is 0 Å². The molecule has 4 nitrogen and oxygen atoms in total. The third-order valence-corrected chi connectivity index (χ3v) is 5.14. The lowest BCUT2D eigenvalue weighted by molar-refractivity contribution is 0.0810. The summed E-state index contributed by atoms with van der Waals surface area (Å²) in [5, 5.41) is 0.650. The van der Waals surface area contributed by atoms with E-state index in [2.05, 4.69) is 4.90 Å². The highest BCUT2D eigenvalue weighted by Gasteiger charge is 2.27. The molecule has 0 spiro atoms. The fourth-order valence-corrected chi connectivity index (χ4v) is 3.71. The number of hydrogen-bond donors (Lipinski definition) is 0. The minimum Gasteiger partial charge on any atom is -0.493 e. The van der Waals surface area contributed by atoms with E-state index in [1.54, 1.807) is 26.4 Å². The first kappa shape index (κ1) is 18.7. The summed E-state index contributed by atoms with van der Waals surface area (Å²) in [6.45, 7) is 2.47. The first-order valence-corrected chi connectivity index (χ1v) is 9.22. The topological polar surface area (TPSA) is 38.8 Å². The van der Waals surface area contributed by atoms with Crippen LogP contribution in [0.15, 0.2) is 42.5 Å². The lowest BCUT2D eigenvalue weighted by Crippen LogP contribution is -2.38. The van der Waals surface area contributed by atoms with Gasteiger partial charge >= 0.3 is 0 Å². The maximum absolute atomic E-state index is 12.8. The van der Waals surface area contributed by atoms with Crippen LogP contribution in [-0.2, 0) is 6.54 Å². The van der Waals surface area contributed by atoms with Gasteiger partial charge in [0.25, 0.3) is 0 Å². The molecule has 1 heterocycles. The number of likely N-dealkylation sites (tertiary alicyclic amines) is 1. The highest BCUT2D eigenvalue weighted by atomic mass is 35.5. The molecule has 5 heteroatoms. The van der Waals surface area contributed by atoms with Gasteiger partial charge in [-0.3, -0.25) is 9.69 Å². The van der Waals surface area contributed by atoms with Gasteiger partial charge in [-0.2, -0.15) is 0 Å². The summed E-state index contributed by atoms with van der Waals surface area (Å²) in [7, 11) is 3.30. The minimum atomic E-state index is 0.0153. The third kappa shape index (κ3) is 4.19. The lowest BCUT2D eigenvalue weighted by atomic mass is 9.90. The van der Waals surface area contributed by atoms with E-state index in [-0.39, 0.29) is 11.7 Å². The summed E-state index contributed by atoms with van der Waals surface area (Å²) in [6.07, 6.45) is 1.93. The number of halogens is 1. The normalized spacial score (nSPS) is 17.7. The van der Waals surface area contributed by atoms with Crippen LogP contribution >= 0.6 is 11.6 Å². The number of nitrogens with zero attached hydrogens (tertiary/aromatic N) is 1. The first-order valence-electron chi connectivity index (χ1n) is 8.84. The number of ketones is 1. The van der Waals surface area contributed by atoms with Crippen LogP contribution < -0.4 is 9.47 Å². The molecule has 1 aliphatic heterocycles. The molecule has 26 heavy (non-hydrogen) atoms. The number of rotatable bonds is 6. The summed E-state index contributed by atoms with van der Waals surface area (Å²) in [5.41, 5.74) is 1.81. The van der Waals surface area contributed by atoms with Crippen LogP contribution in [0.25, 0.3) is 0 Å². The van der Waals surface area contributed by atoms with Gasteiger partial charge in [-0.05, 0) is 49.7 Å². The Morgan fingerprint density at radius 1 is 1.15 bits per heavy atom. The molecule has 1 fully saturated rings. The Hall–Kier alpha value is -2.04. The highest BCUT2D eigenvalue weighted by molar-refractivity contribution is 6.30. The van der Waals surface area contributed by atoms with Crippen molar-refractivity contribution < 1.29 is 14.3 Å². The molecule has 2 aromatic rings. The standard InChI is InChI=1S/C21H24ClNO3/c1-25-19-7-3-5-17(21(19)26-2)14-23-12-4-6-16(13-23)20(24)15-8-10-18(22)11-9-15/h3,5,7-11,16H,4,6,12-14H2,1-2H3. The van der Waals surface area contributed by atoms with Crippen molar-refractivity contribution in [2.75, 3.05) is 27.3 Å². The van der Waals surface area contributed by atoms with Crippen molar-refractivity contribution in [1.29, 1.82) is 0 Å². The predicted molar refractivity (Wildman–Crippen MR) is 103 cm³/mol. The average Bonchev–Trinajstić information content (AvgIpc) is 2.68. The van der Waals surface area contributed by atoms with Crippen molar-refractivity contribution in [2.24, 2.45) is 5.92 Å². The average molecular weight is 374 g/mol. The Labute approximate surface area is 159 Å². The molecular formula is C21H24ClNO3. The van der Waals surface area contributed by atoms with Gasteiger partial charge in [-0.25, -0.2) is 0 Å². The quantitative estimate of drug-likeness (QED) is 0.701. The minimum absolute atomic E-state index is 0.0153. The van der Waals surface area contributed by atoms with Gasteiger partial charge < -0.3 is 9.47 Å². The number of hydrogen-bond acceptors (Lipinski definition) is 4. The van der Waals surface area contributed by atoms with E-state index in [9.17, 15) is 4.79 Å². The third-order valence-electron chi connectivity index (χ3n) is 4.88. The largest absolute Gasteiger partial charge is 0.493 e. The van der Waals surface area contributed by atoms with E-state index in [4.69, 9.17) is 21.1 Å². The van der Waals surface area contributed by atoms with Crippen LogP contribution in [0.5, 0.6) is 11.5 Å². The molecule has 1 saturated heterocycles. The Bertz CT molecular complexity index is 760. The fourth-order valence-electron chi connectivity index (χ4n) is 3.58. The molecule has 0 aliphatic carbocycles. The molecule has 0 radical (unpaired) electrons. The van der Waals surface area contributed by atoms with E-state index in [1.165, 1.54) is 0 Å². The second kappa shape index (κ2) is 8.56. The molecule has 0 N–H and O–H groups in total. The van der Waals surface area contributed by atoms with Gasteiger partial charge in [0.05, 0.1) is 14.2 Å². The van der Waals surface area contributed by atoms with Crippen molar-refractivity contribution in [3.8, 4) is 11.5 Å². The summed E-state index contributed by atoms with van der Waals surface area (Å²) in [4.78, 5) is 15.1. The Morgan fingerprint density at radius 2 is 1.92 bits per heavy atom. The highest BCUT2D eigenvalue weighted by Crippen LogP contribution is 2.32. The predicted octanol–water partition coefficient (Wildman–Crippen LogP) is 4.45. The Kier molecular flexibility index (Phi) is 6.17. The zero-order valence-corrected chi connectivity index (χ0v) is 16.0. The number of Topliss-reactive ketones (excluding diaryl/α,β-unsaturated/α-hetero) is 1. The van der Waals surface area contributed by atoms with Crippen molar-refractivity contribution in [3.05, 3.63) is 58.6 Å².